The minimum atomic E-state index is -0.0271. The van der Waals surface area contributed by atoms with Gasteiger partial charge >= 0.3 is 0 Å². The number of rotatable bonds is 6. The molecule has 2 aromatic rings. The molecule has 116 valence electrons. The third kappa shape index (κ3) is 4.34. The predicted octanol–water partition coefficient (Wildman–Crippen LogP) is 4.27. The third-order valence-electron chi connectivity index (χ3n) is 3.56. The summed E-state index contributed by atoms with van der Waals surface area (Å²) < 4.78 is 6.31. The Labute approximate surface area is 139 Å². The summed E-state index contributed by atoms with van der Waals surface area (Å²) in [5.74, 6) is 0.864. The lowest BCUT2D eigenvalue weighted by atomic mass is 10.1. The zero-order valence-corrected chi connectivity index (χ0v) is 14.4. The van der Waals surface area contributed by atoms with Crippen molar-refractivity contribution in [2.45, 2.75) is 25.8 Å². The van der Waals surface area contributed by atoms with E-state index in [1.807, 2.05) is 55.5 Å². The lowest BCUT2D eigenvalue weighted by Gasteiger charge is -2.16. The fraction of sp³-hybridized carbons (Fsp3) is 0.278. The molecule has 4 heteroatoms. The first kappa shape index (κ1) is 16.6. The SMILES string of the molecule is COc1ccccc1CCC(=O)NC(C)c1ccccc1Br. The standard InChI is InChI=1S/C18H20BrNO2/c1-13(15-8-4-5-9-16(15)19)20-18(21)12-11-14-7-3-6-10-17(14)22-2/h3-10,13H,11-12H2,1-2H3,(H,20,21). The van der Waals surface area contributed by atoms with Gasteiger partial charge in [0.25, 0.3) is 0 Å². The van der Waals surface area contributed by atoms with Gasteiger partial charge in [-0.2, -0.15) is 0 Å². The molecule has 0 saturated heterocycles. The highest BCUT2D eigenvalue weighted by Crippen LogP contribution is 2.23. The van der Waals surface area contributed by atoms with Crippen molar-refractivity contribution in [1.29, 1.82) is 0 Å². The molecule has 2 aromatic carbocycles. The number of carbonyl (C=O) groups excluding carboxylic acids is 1. The molecule has 0 aromatic heterocycles. The molecule has 0 spiro atoms. The largest absolute Gasteiger partial charge is 0.496 e. The van der Waals surface area contributed by atoms with Gasteiger partial charge in [0.05, 0.1) is 13.2 Å². The van der Waals surface area contributed by atoms with Crippen LogP contribution in [0.3, 0.4) is 0 Å². The van der Waals surface area contributed by atoms with Crippen molar-refractivity contribution in [3.63, 3.8) is 0 Å². The van der Waals surface area contributed by atoms with Crippen molar-refractivity contribution < 1.29 is 9.53 Å². The van der Waals surface area contributed by atoms with Crippen LogP contribution in [0.2, 0.25) is 0 Å². The van der Waals surface area contributed by atoms with E-state index in [1.54, 1.807) is 7.11 Å². The van der Waals surface area contributed by atoms with E-state index >= 15 is 0 Å². The Balaban J connectivity index is 1.92. The summed E-state index contributed by atoms with van der Waals surface area (Å²) in [6.45, 7) is 1.99. The second kappa shape index (κ2) is 7.99. The summed E-state index contributed by atoms with van der Waals surface area (Å²) >= 11 is 3.51. The Hall–Kier alpha value is -1.81. The first-order valence-corrected chi connectivity index (χ1v) is 8.06. The van der Waals surface area contributed by atoms with Gasteiger partial charge in [0.1, 0.15) is 5.75 Å². The highest BCUT2D eigenvalue weighted by Gasteiger charge is 2.12. The van der Waals surface area contributed by atoms with Gasteiger partial charge in [0.15, 0.2) is 0 Å². The average molecular weight is 362 g/mol. The van der Waals surface area contributed by atoms with Crippen LogP contribution in [0.1, 0.15) is 30.5 Å². The first-order valence-electron chi connectivity index (χ1n) is 7.27. The molecule has 0 radical (unpaired) electrons. The molecule has 1 amide bonds. The van der Waals surface area contributed by atoms with Crippen LogP contribution < -0.4 is 10.1 Å². The molecule has 2 rings (SSSR count). The van der Waals surface area contributed by atoms with Crippen LogP contribution in [0.5, 0.6) is 5.75 Å². The molecule has 0 aliphatic heterocycles. The van der Waals surface area contributed by atoms with E-state index in [0.717, 1.165) is 21.3 Å². The van der Waals surface area contributed by atoms with Crippen LogP contribution in [0.25, 0.3) is 0 Å². The Bertz CT molecular complexity index is 642. The van der Waals surface area contributed by atoms with Gasteiger partial charge in [-0.25, -0.2) is 0 Å². The van der Waals surface area contributed by atoms with Crippen molar-refractivity contribution in [2.75, 3.05) is 7.11 Å². The minimum Gasteiger partial charge on any atom is -0.496 e. The number of amides is 1. The third-order valence-corrected chi connectivity index (χ3v) is 4.29. The fourth-order valence-corrected chi connectivity index (χ4v) is 3.00. The van der Waals surface area contributed by atoms with Crippen LogP contribution in [-0.2, 0) is 11.2 Å². The number of aryl methyl sites for hydroxylation is 1. The number of halogens is 1. The Morgan fingerprint density at radius 3 is 2.59 bits per heavy atom. The molecule has 0 fully saturated rings. The zero-order valence-electron chi connectivity index (χ0n) is 12.8. The summed E-state index contributed by atoms with van der Waals surface area (Å²) in [6, 6.07) is 15.7. The maximum Gasteiger partial charge on any atom is 0.220 e. The molecule has 1 N–H and O–H groups in total. The van der Waals surface area contributed by atoms with Crippen LogP contribution in [0.15, 0.2) is 53.0 Å². The van der Waals surface area contributed by atoms with E-state index in [0.29, 0.717) is 12.8 Å². The van der Waals surface area contributed by atoms with Gasteiger partial charge in [-0.05, 0) is 36.6 Å². The summed E-state index contributed by atoms with van der Waals surface area (Å²) in [4.78, 5) is 12.1. The second-order valence-corrected chi connectivity index (χ2v) is 5.98. The van der Waals surface area contributed by atoms with E-state index in [2.05, 4.69) is 21.2 Å². The molecule has 3 nitrogen and oxygen atoms in total. The number of benzene rings is 2. The molecular formula is C18H20BrNO2. The van der Waals surface area contributed by atoms with Crippen molar-refractivity contribution in [3.8, 4) is 5.75 Å². The normalized spacial score (nSPS) is 11.8. The van der Waals surface area contributed by atoms with Crippen LogP contribution in [0.4, 0.5) is 0 Å². The van der Waals surface area contributed by atoms with E-state index in [-0.39, 0.29) is 11.9 Å². The van der Waals surface area contributed by atoms with Crippen molar-refractivity contribution in [3.05, 3.63) is 64.1 Å². The van der Waals surface area contributed by atoms with Gasteiger partial charge in [-0.3, -0.25) is 4.79 Å². The van der Waals surface area contributed by atoms with Crippen LogP contribution in [0, 0.1) is 0 Å². The number of methoxy groups -OCH3 is 1. The van der Waals surface area contributed by atoms with Gasteiger partial charge in [-0.15, -0.1) is 0 Å². The molecule has 0 aliphatic rings. The quantitative estimate of drug-likeness (QED) is 0.834. The van der Waals surface area contributed by atoms with Gasteiger partial charge < -0.3 is 10.1 Å². The van der Waals surface area contributed by atoms with E-state index in [1.165, 1.54) is 0 Å². The number of ether oxygens (including phenoxy) is 1. The van der Waals surface area contributed by atoms with Crippen molar-refractivity contribution >= 4 is 21.8 Å². The summed E-state index contributed by atoms with van der Waals surface area (Å²) in [5, 5.41) is 3.03. The van der Waals surface area contributed by atoms with Gasteiger partial charge in [-0.1, -0.05) is 52.3 Å². The molecule has 1 atom stereocenters. The number of para-hydroxylation sites is 1. The van der Waals surface area contributed by atoms with Crippen LogP contribution in [-0.4, -0.2) is 13.0 Å². The van der Waals surface area contributed by atoms with Crippen molar-refractivity contribution in [2.24, 2.45) is 0 Å². The molecule has 22 heavy (non-hydrogen) atoms. The predicted molar refractivity (Wildman–Crippen MR) is 92.0 cm³/mol. The lowest BCUT2D eigenvalue weighted by molar-refractivity contribution is -0.121. The molecule has 0 bridgehead atoms. The monoisotopic (exact) mass is 361 g/mol. The molecule has 0 saturated carbocycles. The highest BCUT2D eigenvalue weighted by atomic mass is 79.9. The first-order chi connectivity index (χ1) is 10.6. The second-order valence-electron chi connectivity index (χ2n) is 5.12. The maximum atomic E-state index is 12.1. The van der Waals surface area contributed by atoms with Gasteiger partial charge in [0, 0.05) is 10.9 Å². The van der Waals surface area contributed by atoms with E-state index in [4.69, 9.17) is 4.74 Å². The van der Waals surface area contributed by atoms with Gasteiger partial charge in [0.2, 0.25) is 5.91 Å². The Kier molecular flexibility index (Phi) is 6.01. The minimum absolute atomic E-state index is 0.0271. The topological polar surface area (TPSA) is 38.3 Å². The Morgan fingerprint density at radius 1 is 1.18 bits per heavy atom. The number of hydrogen-bond donors (Lipinski definition) is 1. The molecule has 0 aliphatic carbocycles. The van der Waals surface area contributed by atoms with Crippen molar-refractivity contribution in [1.82, 2.24) is 5.32 Å². The Morgan fingerprint density at radius 2 is 1.86 bits per heavy atom. The average Bonchev–Trinajstić information content (AvgIpc) is 2.53. The van der Waals surface area contributed by atoms with E-state index < -0.39 is 0 Å². The number of hydrogen-bond acceptors (Lipinski definition) is 2. The highest BCUT2D eigenvalue weighted by molar-refractivity contribution is 9.10. The summed E-state index contributed by atoms with van der Waals surface area (Å²) in [6.07, 6.45) is 1.10. The molecule has 0 heterocycles. The fourth-order valence-electron chi connectivity index (χ4n) is 2.38. The zero-order chi connectivity index (χ0) is 15.9. The number of nitrogens with one attached hydrogen (secondary N) is 1. The van der Waals surface area contributed by atoms with Crippen LogP contribution >= 0.6 is 15.9 Å². The maximum absolute atomic E-state index is 12.1. The summed E-state index contributed by atoms with van der Waals surface area (Å²) in [7, 11) is 1.65. The smallest absolute Gasteiger partial charge is 0.220 e. The molecule has 1 unspecified atom stereocenters. The number of carbonyl (C=O) groups is 1. The summed E-state index contributed by atoms with van der Waals surface area (Å²) in [5.41, 5.74) is 2.13. The lowest BCUT2D eigenvalue weighted by Crippen LogP contribution is -2.27. The van der Waals surface area contributed by atoms with E-state index in [9.17, 15) is 4.79 Å². The molecular weight excluding hydrogens is 342 g/mol.